The third-order valence-corrected chi connectivity index (χ3v) is 2.89. The standard InChI is InChI=1S/C15H17N3O3/c1-2-20-14(11-6-4-3-5-7-11)15-17-13(21-18-15)10-12(19)8-9-16/h3-7,12,14,19H,2,8,10H2,1H3. The lowest BCUT2D eigenvalue weighted by Gasteiger charge is -2.13. The molecule has 2 unspecified atom stereocenters. The van der Waals surface area contributed by atoms with Gasteiger partial charge in [-0.2, -0.15) is 10.2 Å². The Balaban J connectivity index is 2.15. The highest BCUT2D eigenvalue weighted by Gasteiger charge is 2.21. The van der Waals surface area contributed by atoms with Gasteiger partial charge in [-0.05, 0) is 12.5 Å². The Labute approximate surface area is 123 Å². The van der Waals surface area contributed by atoms with Crippen LogP contribution in [0.5, 0.6) is 0 Å². The summed E-state index contributed by atoms with van der Waals surface area (Å²) in [5.74, 6) is 0.718. The molecule has 1 aromatic carbocycles. The predicted molar refractivity (Wildman–Crippen MR) is 74.1 cm³/mol. The van der Waals surface area contributed by atoms with E-state index in [-0.39, 0.29) is 12.8 Å². The van der Waals surface area contributed by atoms with Crippen LogP contribution in [0.3, 0.4) is 0 Å². The lowest BCUT2D eigenvalue weighted by molar-refractivity contribution is 0.0833. The largest absolute Gasteiger partial charge is 0.392 e. The molecule has 0 saturated carbocycles. The topological polar surface area (TPSA) is 92.2 Å². The number of hydrogen-bond acceptors (Lipinski definition) is 6. The molecule has 0 fully saturated rings. The zero-order valence-corrected chi connectivity index (χ0v) is 11.8. The zero-order valence-electron chi connectivity index (χ0n) is 11.8. The summed E-state index contributed by atoms with van der Waals surface area (Å²) >= 11 is 0. The highest BCUT2D eigenvalue weighted by molar-refractivity contribution is 5.22. The maximum Gasteiger partial charge on any atom is 0.229 e. The van der Waals surface area contributed by atoms with Crippen LogP contribution < -0.4 is 0 Å². The molecule has 2 atom stereocenters. The summed E-state index contributed by atoms with van der Waals surface area (Å²) < 4.78 is 10.8. The molecular formula is C15H17N3O3. The van der Waals surface area contributed by atoms with E-state index >= 15 is 0 Å². The first-order chi connectivity index (χ1) is 10.2. The number of aliphatic hydroxyl groups is 1. The molecule has 1 N–H and O–H groups in total. The van der Waals surface area contributed by atoms with Crippen molar-refractivity contribution in [3.63, 3.8) is 0 Å². The van der Waals surface area contributed by atoms with E-state index in [1.54, 1.807) is 0 Å². The highest BCUT2D eigenvalue weighted by atomic mass is 16.5. The Hall–Kier alpha value is -2.23. The van der Waals surface area contributed by atoms with Crippen LogP contribution >= 0.6 is 0 Å². The number of nitrogens with zero attached hydrogens (tertiary/aromatic N) is 3. The van der Waals surface area contributed by atoms with Crippen molar-refractivity contribution in [3.05, 3.63) is 47.6 Å². The number of aromatic nitrogens is 2. The minimum Gasteiger partial charge on any atom is -0.392 e. The third kappa shape index (κ3) is 4.12. The van der Waals surface area contributed by atoms with Crippen molar-refractivity contribution in [2.45, 2.75) is 32.0 Å². The van der Waals surface area contributed by atoms with Crippen molar-refractivity contribution in [3.8, 4) is 6.07 Å². The van der Waals surface area contributed by atoms with Gasteiger partial charge in [0.1, 0.15) is 6.10 Å². The number of aliphatic hydroxyl groups excluding tert-OH is 1. The number of rotatable bonds is 7. The molecule has 0 spiro atoms. The van der Waals surface area contributed by atoms with Gasteiger partial charge in [0, 0.05) is 6.61 Å². The molecule has 6 heteroatoms. The second-order valence-electron chi connectivity index (χ2n) is 4.51. The molecule has 0 aliphatic heterocycles. The van der Waals surface area contributed by atoms with Crippen molar-refractivity contribution in [1.82, 2.24) is 10.1 Å². The maximum absolute atomic E-state index is 9.59. The molecule has 1 aromatic heterocycles. The Kier molecular flexibility index (Phi) is 5.43. The molecule has 2 rings (SSSR count). The Morgan fingerprint density at radius 1 is 1.38 bits per heavy atom. The average Bonchev–Trinajstić information content (AvgIpc) is 2.94. The minimum atomic E-state index is -0.800. The number of benzene rings is 1. The van der Waals surface area contributed by atoms with Crippen LogP contribution in [0, 0.1) is 11.3 Å². The number of hydrogen-bond donors (Lipinski definition) is 1. The normalized spacial score (nSPS) is 13.6. The van der Waals surface area contributed by atoms with E-state index in [1.165, 1.54) is 0 Å². The summed E-state index contributed by atoms with van der Waals surface area (Å²) in [6.07, 6.45) is -1.01. The summed E-state index contributed by atoms with van der Waals surface area (Å²) in [4.78, 5) is 4.26. The molecule has 1 heterocycles. The van der Waals surface area contributed by atoms with E-state index < -0.39 is 12.2 Å². The second-order valence-corrected chi connectivity index (χ2v) is 4.51. The molecule has 0 aliphatic carbocycles. The van der Waals surface area contributed by atoms with E-state index in [9.17, 15) is 5.11 Å². The quantitative estimate of drug-likeness (QED) is 0.837. The Morgan fingerprint density at radius 3 is 2.81 bits per heavy atom. The lowest BCUT2D eigenvalue weighted by atomic mass is 10.1. The van der Waals surface area contributed by atoms with Crippen molar-refractivity contribution in [2.75, 3.05) is 6.61 Å². The molecule has 110 valence electrons. The van der Waals surface area contributed by atoms with Crippen LogP contribution in [0.15, 0.2) is 34.9 Å². The van der Waals surface area contributed by atoms with Crippen molar-refractivity contribution in [2.24, 2.45) is 0 Å². The number of nitriles is 1. The molecular weight excluding hydrogens is 270 g/mol. The van der Waals surface area contributed by atoms with Crippen LogP contribution in [-0.2, 0) is 11.2 Å². The molecule has 0 bridgehead atoms. The van der Waals surface area contributed by atoms with Gasteiger partial charge in [-0.3, -0.25) is 0 Å². The summed E-state index contributed by atoms with van der Waals surface area (Å²) in [6, 6.07) is 11.5. The second kappa shape index (κ2) is 7.53. The van der Waals surface area contributed by atoms with Gasteiger partial charge in [0.05, 0.1) is 25.0 Å². The van der Waals surface area contributed by atoms with Gasteiger partial charge < -0.3 is 14.4 Å². The van der Waals surface area contributed by atoms with Crippen molar-refractivity contribution in [1.29, 1.82) is 5.26 Å². The molecule has 0 aliphatic rings. The SMILES string of the molecule is CCOC(c1ccccc1)c1noc(CC(O)CC#N)n1. The minimum absolute atomic E-state index is 0.0330. The van der Waals surface area contributed by atoms with E-state index in [4.69, 9.17) is 14.5 Å². The fourth-order valence-corrected chi connectivity index (χ4v) is 1.95. The zero-order chi connectivity index (χ0) is 15.1. The van der Waals surface area contributed by atoms with Crippen molar-refractivity contribution >= 4 is 0 Å². The molecule has 2 aromatic rings. The van der Waals surface area contributed by atoms with Crippen LogP contribution in [0.4, 0.5) is 0 Å². The van der Waals surface area contributed by atoms with E-state index in [0.717, 1.165) is 5.56 Å². The van der Waals surface area contributed by atoms with E-state index in [1.807, 2.05) is 43.3 Å². The van der Waals surface area contributed by atoms with Gasteiger partial charge in [-0.25, -0.2) is 0 Å². The fourth-order valence-electron chi connectivity index (χ4n) is 1.95. The smallest absolute Gasteiger partial charge is 0.229 e. The van der Waals surface area contributed by atoms with Gasteiger partial charge in [-0.1, -0.05) is 35.5 Å². The first-order valence-electron chi connectivity index (χ1n) is 6.78. The maximum atomic E-state index is 9.59. The van der Waals surface area contributed by atoms with E-state index in [2.05, 4.69) is 10.1 Å². The van der Waals surface area contributed by atoms with Gasteiger partial charge in [0.25, 0.3) is 0 Å². The first-order valence-corrected chi connectivity index (χ1v) is 6.78. The molecule has 0 radical (unpaired) electrons. The van der Waals surface area contributed by atoms with Gasteiger partial charge in [0.15, 0.2) is 0 Å². The Bertz CT molecular complexity index is 592. The first kappa shape index (κ1) is 15.2. The average molecular weight is 287 g/mol. The van der Waals surface area contributed by atoms with Crippen LogP contribution in [0.1, 0.15) is 36.7 Å². The summed E-state index contributed by atoms with van der Waals surface area (Å²) in [5, 5.41) is 22.0. The predicted octanol–water partition coefficient (Wildman–Crippen LogP) is 2.01. The summed E-state index contributed by atoms with van der Waals surface area (Å²) in [7, 11) is 0. The lowest BCUT2D eigenvalue weighted by Crippen LogP contribution is -2.11. The van der Waals surface area contributed by atoms with E-state index in [0.29, 0.717) is 18.3 Å². The van der Waals surface area contributed by atoms with Gasteiger partial charge in [0.2, 0.25) is 11.7 Å². The van der Waals surface area contributed by atoms with Crippen LogP contribution in [0.2, 0.25) is 0 Å². The molecule has 6 nitrogen and oxygen atoms in total. The monoisotopic (exact) mass is 287 g/mol. The summed E-state index contributed by atoms with van der Waals surface area (Å²) in [6.45, 7) is 2.41. The fraction of sp³-hybridized carbons (Fsp3) is 0.400. The summed E-state index contributed by atoms with van der Waals surface area (Å²) in [5.41, 5.74) is 0.935. The number of ether oxygens (including phenoxy) is 1. The van der Waals surface area contributed by atoms with Crippen molar-refractivity contribution < 1.29 is 14.4 Å². The Morgan fingerprint density at radius 2 is 2.14 bits per heavy atom. The van der Waals surface area contributed by atoms with Gasteiger partial charge >= 0.3 is 0 Å². The van der Waals surface area contributed by atoms with Crippen LogP contribution in [0.25, 0.3) is 0 Å². The third-order valence-electron chi connectivity index (χ3n) is 2.89. The molecule has 0 saturated heterocycles. The van der Waals surface area contributed by atoms with Gasteiger partial charge in [-0.15, -0.1) is 0 Å². The molecule has 21 heavy (non-hydrogen) atoms. The van der Waals surface area contributed by atoms with Crippen LogP contribution in [-0.4, -0.2) is 28.0 Å². The molecule has 0 amide bonds. The highest BCUT2D eigenvalue weighted by Crippen LogP contribution is 2.23.